The van der Waals surface area contributed by atoms with E-state index in [1.807, 2.05) is 11.0 Å². The normalized spacial score (nSPS) is 19.2. The zero-order valence-corrected chi connectivity index (χ0v) is 16.0. The lowest BCUT2D eigenvalue weighted by atomic mass is 9.89. The molecule has 2 fully saturated rings. The van der Waals surface area contributed by atoms with Crippen molar-refractivity contribution >= 4 is 22.7 Å². The molecule has 0 unspecified atom stereocenters. The minimum Gasteiger partial charge on any atom is -0.371 e. The molecule has 1 aromatic heterocycles. The second-order valence-corrected chi connectivity index (χ2v) is 7.55. The molecule has 1 aromatic carbocycles. The SMILES string of the molecule is CC(=O)N1CCOC2(CCN(C(=O)Cn3cnc4ccccc4c3=O)CC2)C1. The molecule has 0 atom stereocenters. The van der Waals surface area contributed by atoms with Crippen molar-refractivity contribution in [2.24, 2.45) is 0 Å². The van der Waals surface area contributed by atoms with Gasteiger partial charge in [-0.25, -0.2) is 4.98 Å². The van der Waals surface area contributed by atoms with Gasteiger partial charge in [-0.15, -0.1) is 0 Å². The third kappa shape index (κ3) is 3.52. The van der Waals surface area contributed by atoms with Crippen molar-refractivity contribution in [3.05, 3.63) is 40.9 Å². The van der Waals surface area contributed by atoms with Crippen molar-refractivity contribution in [1.82, 2.24) is 19.4 Å². The van der Waals surface area contributed by atoms with E-state index in [0.717, 1.165) is 0 Å². The van der Waals surface area contributed by atoms with Crippen molar-refractivity contribution < 1.29 is 14.3 Å². The van der Waals surface area contributed by atoms with Gasteiger partial charge >= 0.3 is 0 Å². The molecule has 3 heterocycles. The maximum atomic E-state index is 12.7. The number of piperidine rings is 1. The number of rotatable bonds is 2. The van der Waals surface area contributed by atoms with Crippen molar-refractivity contribution in [1.29, 1.82) is 0 Å². The fourth-order valence-electron chi connectivity index (χ4n) is 4.04. The van der Waals surface area contributed by atoms with E-state index in [1.165, 1.54) is 10.9 Å². The fraction of sp³-hybridized carbons (Fsp3) is 0.500. The third-order valence-electron chi connectivity index (χ3n) is 5.76. The lowest BCUT2D eigenvalue weighted by Gasteiger charge is -2.47. The van der Waals surface area contributed by atoms with E-state index in [4.69, 9.17) is 4.74 Å². The van der Waals surface area contributed by atoms with Gasteiger partial charge in [0.15, 0.2) is 0 Å². The van der Waals surface area contributed by atoms with E-state index < -0.39 is 0 Å². The number of nitrogens with zero attached hydrogens (tertiary/aromatic N) is 4. The molecule has 28 heavy (non-hydrogen) atoms. The van der Waals surface area contributed by atoms with Gasteiger partial charge < -0.3 is 14.5 Å². The number of aromatic nitrogens is 2. The first-order chi connectivity index (χ1) is 13.5. The Morgan fingerprint density at radius 1 is 1.14 bits per heavy atom. The Bertz CT molecular complexity index is 962. The standard InChI is InChI=1S/C20H24N4O4/c1-15(25)23-10-11-28-20(13-23)6-8-22(9-7-20)18(26)12-24-14-21-17-5-3-2-4-16(17)19(24)27/h2-5,14H,6-13H2,1H3. The molecule has 1 spiro atoms. The first kappa shape index (κ1) is 18.6. The molecule has 0 saturated carbocycles. The molecule has 2 aromatic rings. The van der Waals surface area contributed by atoms with Gasteiger partial charge in [-0.3, -0.25) is 19.0 Å². The molecule has 8 nitrogen and oxygen atoms in total. The highest BCUT2D eigenvalue weighted by molar-refractivity contribution is 5.79. The van der Waals surface area contributed by atoms with Crippen LogP contribution in [0.3, 0.4) is 0 Å². The van der Waals surface area contributed by atoms with Crippen LogP contribution in [-0.4, -0.2) is 69.6 Å². The molecular formula is C20H24N4O4. The zero-order chi connectivity index (χ0) is 19.7. The number of hydrogen-bond donors (Lipinski definition) is 0. The molecule has 0 radical (unpaired) electrons. The number of morpholine rings is 1. The molecule has 2 aliphatic rings. The number of carbonyl (C=O) groups is 2. The summed E-state index contributed by atoms with van der Waals surface area (Å²) in [6, 6.07) is 7.11. The molecule has 8 heteroatoms. The van der Waals surface area contributed by atoms with Crippen LogP contribution in [0, 0.1) is 0 Å². The van der Waals surface area contributed by atoms with Crippen LogP contribution in [-0.2, 0) is 20.9 Å². The number of hydrogen-bond acceptors (Lipinski definition) is 5. The molecule has 2 saturated heterocycles. The first-order valence-corrected chi connectivity index (χ1v) is 9.59. The molecule has 0 aliphatic carbocycles. The maximum Gasteiger partial charge on any atom is 0.261 e. The third-order valence-corrected chi connectivity index (χ3v) is 5.76. The van der Waals surface area contributed by atoms with E-state index in [9.17, 15) is 14.4 Å². The van der Waals surface area contributed by atoms with Gasteiger partial charge in [0.25, 0.3) is 5.56 Å². The Morgan fingerprint density at radius 3 is 2.64 bits per heavy atom. The van der Waals surface area contributed by atoms with Crippen LogP contribution < -0.4 is 5.56 Å². The van der Waals surface area contributed by atoms with Gasteiger partial charge in [-0.05, 0) is 25.0 Å². The van der Waals surface area contributed by atoms with E-state index in [-0.39, 0.29) is 29.5 Å². The highest BCUT2D eigenvalue weighted by Gasteiger charge is 2.41. The van der Waals surface area contributed by atoms with Gasteiger partial charge in [-0.1, -0.05) is 12.1 Å². The number of para-hydroxylation sites is 1. The zero-order valence-electron chi connectivity index (χ0n) is 16.0. The molecular weight excluding hydrogens is 360 g/mol. The Morgan fingerprint density at radius 2 is 1.89 bits per heavy atom. The summed E-state index contributed by atoms with van der Waals surface area (Å²) in [6.45, 7) is 4.40. The lowest BCUT2D eigenvalue weighted by Crippen LogP contribution is -2.58. The van der Waals surface area contributed by atoms with Gasteiger partial charge in [0.05, 0.1) is 29.4 Å². The van der Waals surface area contributed by atoms with Crippen molar-refractivity contribution in [3.8, 4) is 0 Å². The van der Waals surface area contributed by atoms with E-state index >= 15 is 0 Å². The number of carbonyl (C=O) groups excluding carboxylic acids is 2. The number of amides is 2. The summed E-state index contributed by atoms with van der Waals surface area (Å²) < 4.78 is 7.37. The van der Waals surface area contributed by atoms with Crippen molar-refractivity contribution in [2.75, 3.05) is 32.8 Å². The largest absolute Gasteiger partial charge is 0.371 e. The van der Waals surface area contributed by atoms with Crippen LogP contribution in [0.25, 0.3) is 10.9 Å². The van der Waals surface area contributed by atoms with Crippen molar-refractivity contribution in [2.45, 2.75) is 31.9 Å². The summed E-state index contributed by atoms with van der Waals surface area (Å²) in [7, 11) is 0. The smallest absolute Gasteiger partial charge is 0.261 e. The van der Waals surface area contributed by atoms with E-state index in [1.54, 1.807) is 30.0 Å². The monoisotopic (exact) mass is 384 g/mol. The topological polar surface area (TPSA) is 84.7 Å². The van der Waals surface area contributed by atoms with Crippen LogP contribution in [0.15, 0.2) is 35.4 Å². The summed E-state index contributed by atoms with van der Waals surface area (Å²) in [6.07, 6.45) is 2.81. The van der Waals surface area contributed by atoms with Gasteiger partial charge in [0.1, 0.15) is 6.54 Å². The van der Waals surface area contributed by atoms with Gasteiger partial charge in [0.2, 0.25) is 11.8 Å². The summed E-state index contributed by atoms with van der Waals surface area (Å²) in [5.74, 6) is -0.0439. The Kier molecular flexibility index (Phi) is 4.89. The summed E-state index contributed by atoms with van der Waals surface area (Å²) in [5.41, 5.74) is 0.0583. The maximum absolute atomic E-state index is 12.7. The predicted octanol–water partition coefficient (Wildman–Crippen LogP) is 0.636. The number of fused-ring (bicyclic) bond motifs is 1. The summed E-state index contributed by atoms with van der Waals surface area (Å²) >= 11 is 0. The molecule has 2 aliphatic heterocycles. The van der Waals surface area contributed by atoms with Crippen LogP contribution in [0.2, 0.25) is 0 Å². The average Bonchev–Trinajstić information content (AvgIpc) is 2.71. The van der Waals surface area contributed by atoms with E-state index in [2.05, 4.69) is 4.98 Å². The molecule has 4 rings (SSSR count). The molecule has 0 bridgehead atoms. The van der Waals surface area contributed by atoms with Crippen LogP contribution in [0.5, 0.6) is 0 Å². The number of ether oxygens (including phenoxy) is 1. The fourth-order valence-corrected chi connectivity index (χ4v) is 4.04. The van der Waals surface area contributed by atoms with Crippen LogP contribution in [0.1, 0.15) is 19.8 Å². The molecule has 148 valence electrons. The second kappa shape index (κ2) is 7.35. The lowest BCUT2D eigenvalue weighted by molar-refractivity contribution is -0.162. The highest BCUT2D eigenvalue weighted by Crippen LogP contribution is 2.30. The summed E-state index contributed by atoms with van der Waals surface area (Å²) in [5, 5.41) is 0.510. The second-order valence-electron chi connectivity index (χ2n) is 7.55. The Labute approximate surface area is 162 Å². The van der Waals surface area contributed by atoms with Crippen molar-refractivity contribution in [3.63, 3.8) is 0 Å². The Hall–Kier alpha value is -2.74. The summed E-state index contributed by atoms with van der Waals surface area (Å²) in [4.78, 5) is 44.9. The van der Waals surface area contributed by atoms with Gasteiger partial charge in [-0.2, -0.15) is 0 Å². The van der Waals surface area contributed by atoms with Crippen LogP contribution in [0.4, 0.5) is 0 Å². The number of likely N-dealkylation sites (tertiary alicyclic amines) is 1. The average molecular weight is 384 g/mol. The molecule has 2 amide bonds. The van der Waals surface area contributed by atoms with E-state index in [0.29, 0.717) is 56.5 Å². The predicted molar refractivity (Wildman–Crippen MR) is 103 cm³/mol. The van der Waals surface area contributed by atoms with Gasteiger partial charge in [0, 0.05) is 33.1 Å². The number of benzene rings is 1. The first-order valence-electron chi connectivity index (χ1n) is 9.59. The minimum absolute atomic E-state index is 0.0237. The molecule has 0 N–H and O–H groups in total. The van der Waals surface area contributed by atoms with Crippen LogP contribution >= 0.6 is 0 Å². The Balaban J connectivity index is 1.41. The highest BCUT2D eigenvalue weighted by atomic mass is 16.5. The quantitative estimate of drug-likeness (QED) is 0.759. The minimum atomic E-state index is -0.359.